The molecule has 3 aliphatic heterocycles. The van der Waals surface area contributed by atoms with Crippen molar-refractivity contribution in [3.05, 3.63) is 0 Å². The normalized spacial score (nSPS) is 29.8. The topological polar surface area (TPSA) is 150 Å². The second kappa shape index (κ2) is 9.43. The van der Waals surface area contributed by atoms with Crippen LogP contribution >= 0.6 is 0 Å². The van der Waals surface area contributed by atoms with E-state index in [2.05, 4.69) is 10.6 Å². The molecule has 37 heavy (non-hydrogen) atoms. The number of hydrogen-bond acceptors (Lipinski definition) is 7. The summed E-state index contributed by atoms with van der Waals surface area (Å²) in [5.74, 6) is -6.53. The van der Waals surface area contributed by atoms with Crippen molar-refractivity contribution in [1.82, 2.24) is 20.9 Å². The maximum absolute atomic E-state index is 13.6. The number of nitrogens with zero attached hydrogens (tertiary/aromatic N) is 2. The highest BCUT2D eigenvalue weighted by Gasteiger charge is 2.78. The van der Waals surface area contributed by atoms with Gasteiger partial charge in [-0.2, -0.15) is 18.4 Å². The van der Waals surface area contributed by atoms with Crippen molar-refractivity contribution in [3.63, 3.8) is 0 Å². The monoisotopic (exact) mass is 529 g/mol. The van der Waals surface area contributed by atoms with E-state index in [1.807, 2.05) is 6.07 Å². The molecule has 0 aromatic carbocycles. The van der Waals surface area contributed by atoms with E-state index in [-0.39, 0.29) is 18.9 Å². The van der Waals surface area contributed by atoms with Crippen molar-refractivity contribution in [2.24, 2.45) is 23.2 Å². The van der Waals surface area contributed by atoms with Crippen LogP contribution in [0.1, 0.15) is 33.6 Å². The van der Waals surface area contributed by atoms with Crippen LogP contribution in [0.15, 0.2) is 0 Å². The van der Waals surface area contributed by atoms with Gasteiger partial charge in [0.05, 0.1) is 25.2 Å². The number of fused-ring (bicyclic) bond motifs is 3. The third-order valence-electron chi connectivity index (χ3n) is 7.47. The van der Waals surface area contributed by atoms with Crippen molar-refractivity contribution in [1.29, 1.82) is 5.26 Å². The van der Waals surface area contributed by atoms with Gasteiger partial charge in [-0.05, 0) is 18.3 Å². The number of amides is 4. The third-order valence-corrected chi connectivity index (χ3v) is 7.47. The first-order valence-electron chi connectivity index (χ1n) is 12.1. The second-order valence-electron chi connectivity index (χ2n) is 11.0. The van der Waals surface area contributed by atoms with Crippen molar-refractivity contribution in [2.45, 2.75) is 63.7 Å². The van der Waals surface area contributed by atoms with Gasteiger partial charge in [0.2, 0.25) is 17.7 Å². The molecule has 4 fully saturated rings. The molecular weight excluding hydrogens is 499 g/mol. The smallest absolute Gasteiger partial charge is 0.356 e. The van der Waals surface area contributed by atoms with Gasteiger partial charge >= 0.3 is 12.1 Å². The molecule has 14 heteroatoms. The van der Waals surface area contributed by atoms with Gasteiger partial charge in [-0.3, -0.25) is 19.2 Å². The number of halogens is 3. The number of hydrogen-bond donors (Lipinski definition) is 3. The molecule has 0 radical (unpaired) electrons. The number of carbonyl (C=O) groups is 4. The molecule has 1 aliphatic carbocycles. The highest BCUT2D eigenvalue weighted by atomic mass is 19.4. The fourth-order valence-electron chi connectivity index (χ4n) is 5.60. The Morgan fingerprint density at radius 3 is 2.38 bits per heavy atom. The number of rotatable bonds is 6. The zero-order chi connectivity index (χ0) is 27.3. The van der Waals surface area contributed by atoms with E-state index in [1.165, 1.54) is 20.8 Å². The molecular formula is C23H30F3N5O6. The lowest BCUT2D eigenvalue weighted by Gasteiger charge is -2.37. The van der Waals surface area contributed by atoms with Gasteiger partial charge in [0.15, 0.2) is 5.79 Å². The summed E-state index contributed by atoms with van der Waals surface area (Å²) >= 11 is 0. The predicted molar refractivity (Wildman–Crippen MR) is 118 cm³/mol. The number of nitriles is 1. The van der Waals surface area contributed by atoms with E-state index < -0.39 is 71.0 Å². The highest BCUT2D eigenvalue weighted by molar-refractivity contribution is 5.95. The van der Waals surface area contributed by atoms with Gasteiger partial charge < -0.3 is 30.3 Å². The number of ether oxygens (including phenoxy) is 2. The first kappa shape index (κ1) is 27.1. The van der Waals surface area contributed by atoms with Crippen molar-refractivity contribution < 1.29 is 41.8 Å². The summed E-state index contributed by atoms with van der Waals surface area (Å²) in [6.07, 6.45) is -4.61. The summed E-state index contributed by atoms with van der Waals surface area (Å²) in [6.45, 7) is 5.53. The molecule has 0 bridgehead atoms. The lowest BCUT2D eigenvalue weighted by Crippen LogP contribution is -2.61. The van der Waals surface area contributed by atoms with Crippen molar-refractivity contribution >= 4 is 23.6 Å². The van der Waals surface area contributed by atoms with Gasteiger partial charge in [0, 0.05) is 24.9 Å². The van der Waals surface area contributed by atoms with Gasteiger partial charge in [-0.25, -0.2) is 0 Å². The number of likely N-dealkylation sites (tertiary alicyclic amines) is 1. The zero-order valence-corrected chi connectivity index (χ0v) is 20.7. The summed E-state index contributed by atoms with van der Waals surface area (Å²) in [6, 6.07) is -1.84. The second-order valence-corrected chi connectivity index (χ2v) is 11.0. The van der Waals surface area contributed by atoms with E-state index in [9.17, 15) is 37.6 Å². The SMILES string of the molecule is CC(C)(C)[C@H](NC(=O)C(F)(F)F)C(=O)N1C[C@H]2[C@@H]([C@H]1C(=O)N[C@H](C#N)C[C@@H]1CCNC1=O)C21OCCO1. The van der Waals surface area contributed by atoms with Crippen LogP contribution in [0.2, 0.25) is 0 Å². The fourth-order valence-corrected chi connectivity index (χ4v) is 5.60. The van der Waals surface area contributed by atoms with Crippen molar-refractivity contribution in [3.8, 4) is 6.07 Å². The Hall–Kier alpha value is -2.92. The Labute approximate surface area is 211 Å². The van der Waals surface area contributed by atoms with E-state index in [0.717, 1.165) is 4.90 Å². The first-order valence-corrected chi connectivity index (χ1v) is 12.1. The minimum atomic E-state index is -5.20. The van der Waals surface area contributed by atoms with Gasteiger partial charge in [-0.1, -0.05) is 20.8 Å². The molecule has 3 heterocycles. The molecule has 0 aromatic rings. The quantitative estimate of drug-likeness (QED) is 0.432. The Morgan fingerprint density at radius 1 is 1.22 bits per heavy atom. The van der Waals surface area contributed by atoms with Crippen molar-refractivity contribution in [2.75, 3.05) is 26.3 Å². The molecule has 4 aliphatic rings. The van der Waals surface area contributed by atoms with Gasteiger partial charge in [0.25, 0.3) is 0 Å². The Morgan fingerprint density at radius 2 is 1.86 bits per heavy atom. The summed E-state index contributed by atoms with van der Waals surface area (Å²) in [5.41, 5.74) is -1.12. The Bertz CT molecular complexity index is 1020. The van der Waals surface area contributed by atoms with Crippen LogP contribution in [-0.2, 0) is 28.7 Å². The number of nitrogens with one attached hydrogen (secondary N) is 3. The van der Waals surface area contributed by atoms with E-state index in [1.54, 1.807) is 5.32 Å². The lowest BCUT2D eigenvalue weighted by atomic mass is 9.85. The molecule has 11 nitrogen and oxygen atoms in total. The maximum atomic E-state index is 13.6. The third kappa shape index (κ3) is 4.98. The highest BCUT2D eigenvalue weighted by Crippen LogP contribution is 2.63. The summed E-state index contributed by atoms with van der Waals surface area (Å²) in [4.78, 5) is 51.8. The first-order chi connectivity index (χ1) is 17.2. The molecule has 0 unspecified atom stereocenters. The van der Waals surface area contributed by atoms with Crippen LogP contribution in [0, 0.1) is 34.5 Å². The van der Waals surface area contributed by atoms with E-state index in [4.69, 9.17) is 9.47 Å². The Balaban J connectivity index is 1.56. The minimum absolute atomic E-state index is 0.0295. The maximum Gasteiger partial charge on any atom is 0.471 e. The van der Waals surface area contributed by atoms with Crippen LogP contribution in [-0.4, -0.2) is 84.9 Å². The Kier molecular flexibility index (Phi) is 6.91. The molecule has 3 N–H and O–H groups in total. The molecule has 4 rings (SSSR count). The van der Waals surface area contributed by atoms with Gasteiger partial charge in [0.1, 0.15) is 18.1 Å². The molecule has 6 atom stereocenters. The molecule has 0 aromatic heterocycles. The molecule has 4 amide bonds. The van der Waals surface area contributed by atoms with E-state index in [0.29, 0.717) is 26.2 Å². The van der Waals surface area contributed by atoms with Crippen LogP contribution in [0.4, 0.5) is 13.2 Å². The summed E-state index contributed by atoms with van der Waals surface area (Å²) < 4.78 is 50.5. The number of carbonyl (C=O) groups excluding carboxylic acids is 4. The summed E-state index contributed by atoms with van der Waals surface area (Å²) in [7, 11) is 0. The minimum Gasteiger partial charge on any atom is -0.356 e. The largest absolute Gasteiger partial charge is 0.471 e. The van der Waals surface area contributed by atoms with Crippen LogP contribution in [0.5, 0.6) is 0 Å². The zero-order valence-electron chi connectivity index (χ0n) is 20.7. The van der Waals surface area contributed by atoms with Crippen LogP contribution in [0.3, 0.4) is 0 Å². The number of piperidine rings is 1. The van der Waals surface area contributed by atoms with Crippen LogP contribution < -0.4 is 16.0 Å². The fraction of sp³-hybridized carbons (Fsp3) is 0.783. The average Bonchev–Trinajstić information content (AvgIpc) is 3.27. The standard InChI is InChI=1S/C23H30F3N5O6/c1-21(2,3)16(30-20(35)23(24,25)26)19(34)31-10-13-14(22(13)36-6-7-37-22)15(31)18(33)29-12(9-27)8-11-4-5-28-17(11)32/h11-16H,4-8,10H2,1-3H3,(H,28,32)(H,29,33)(H,30,35)/t11-,12-,13-,14-,15-,16+/m0/s1. The molecule has 1 spiro atoms. The summed E-state index contributed by atoms with van der Waals surface area (Å²) in [5, 5.41) is 16.7. The van der Waals surface area contributed by atoms with Gasteiger partial charge in [-0.15, -0.1) is 0 Å². The number of alkyl halides is 3. The predicted octanol–water partition coefficient (Wildman–Crippen LogP) is -0.186. The molecule has 1 saturated carbocycles. The molecule has 3 saturated heterocycles. The molecule has 204 valence electrons. The van der Waals surface area contributed by atoms with Crippen LogP contribution in [0.25, 0.3) is 0 Å². The van der Waals surface area contributed by atoms with E-state index >= 15 is 0 Å². The lowest BCUT2D eigenvalue weighted by molar-refractivity contribution is -0.176. The average molecular weight is 530 g/mol.